The van der Waals surface area contributed by atoms with Gasteiger partial charge in [0.2, 0.25) is 0 Å². The molecule has 26 heavy (non-hydrogen) atoms. The lowest BCUT2D eigenvalue weighted by molar-refractivity contribution is 0.0302. The van der Waals surface area contributed by atoms with Crippen LogP contribution in [0.2, 0.25) is 0 Å². The number of carbonyl (C=O) groups is 1. The molecule has 1 aromatic carbocycles. The summed E-state index contributed by atoms with van der Waals surface area (Å²) in [5.74, 6) is 0.750. The number of nitrogens with zero attached hydrogens (tertiary/aromatic N) is 3. The summed E-state index contributed by atoms with van der Waals surface area (Å²) in [4.78, 5) is 21.0. The van der Waals surface area contributed by atoms with E-state index in [1.807, 2.05) is 17.0 Å². The third kappa shape index (κ3) is 3.80. The smallest absolute Gasteiger partial charge is 0.255 e. The Morgan fingerprint density at radius 1 is 0.962 bits per heavy atom. The monoisotopic (exact) mass is 352 g/mol. The minimum absolute atomic E-state index is 0.0160. The third-order valence-corrected chi connectivity index (χ3v) is 4.92. The first kappa shape index (κ1) is 16.8. The van der Waals surface area contributed by atoms with Crippen LogP contribution in [0.15, 0.2) is 42.6 Å². The maximum absolute atomic E-state index is 12.4. The van der Waals surface area contributed by atoms with Gasteiger partial charge in [-0.25, -0.2) is 4.98 Å². The van der Waals surface area contributed by atoms with E-state index < -0.39 is 0 Å². The highest BCUT2D eigenvalue weighted by atomic mass is 16.5. The van der Waals surface area contributed by atoms with E-state index in [0.717, 1.165) is 24.6 Å². The standard InChI is InChI=1S/C20H24N4O2/c25-20(24-11-13-26-14-12-24)16-3-8-19(21-15-16)22-17-4-6-18(7-5-17)23-9-1-2-10-23/h3-8,15H,1-2,9-14H2,(H,21,22). The quantitative estimate of drug-likeness (QED) is 0.917. The zero-order chi connectivity index (χ0) is 17.8. The minimum Gasteiger partial charge on any atom is -0.378 e. The van der Waals surface area contributed by atoms with Crippen molar-refractivity contribution in [3.8, 4) is 0 Å². The Morgan fingerprint density at radius 3 is 2.35 bits per heavy atom. The van der Waals surface area contributed by atoms with Gasteiger partial charge in [-0.15, -0.1) is 0 Å². The van der Waals surface area contributed by atoms with E-state index in [1.54, 1.807) is 6.20 Å². The molecule has 3 heterocycles. The van der Waals surface area contributed by atoms with Gasteiger partial charge < -0.3 is 19.9 Å². The van der Waals surface area contributed by atoms with E-state index in [2.05, 4.69) is 39.5 Å². The number of hydrogen-bond acceptors (Lipinski definition) is 5. The normalized spacial score (nSPS) is 17.4. The van der Waals surface area contributed by atoms with Crippen LogP contribution in [0.1, 0.15) is 23.2 Å². The Kier molecular flexibility index (Phi) is 5.02. The van der Waals surface area contributed by atoms with E-state index in [9.17, 15) is 4.79 Å². The molecule has 6 heteroatoms. The van der Waals surface area contributed by atoms with Crippen molar-refractivity contribution in [3.05, 3.63) is 48.2 Å². The summed E-state index contributed by atoms with van der Waals surface area (Å²) in [6, 6.07) is 12.1. The van der Waals surface area contributed by atoms with Crippen molar-refractivity contribution in [2.24, 2.45) is 0 Å². The van der Waals surface area contributed by atoms with E-state index >= 15 is 0 Å². The molecule has 1 N–H and O–H groups in total. The number of carbonyl (C=O) groups excluding carboxylic acids is 1. The minimum atomic E-state index is 0.0160. The molecule has 2 aliphatic heterocycles. The zero-order valence-electron chi connectivity index (χ0n) is 14.9. The van der Waals surface area contributed by atoms with Gasteiger partial charge in [0.25, 0.3) is 5.91 Å². The molecular weight excluding hydrogens is 328 g/mol. The molecule has 136 valence electrons. The number of pyridine rings is 1. The highest BCUT2D eigenvalue weighted by Crippen LogP contribution is 2.23. The average Bonchev–Trinajstić information content (AvgIpc) is 3.24. The fraction of sp³-hybridized carbons (Fsp3) is 0.400. The third-order valence-electron chi connectivity index (χ3n) is 4.92. The molecule has 1 aromatic heterocycles. The topological polar surface area (TPSA) is 57.7 Å². The van der Waals surface area contributed by atoms with Gasteiger partial charge in [-0.1, -0.05) is 0 Å². The van der Waals surface area contributed by atoms with Crippen molar-refractivity contribution in [2.45, 2.75) is 12.8 Å². The van der Waals surface area contributed by atoms with Crippen molar-refractivity contribution in [1.29, 1.82) is 0 Å². The number of nitrogens with one attached hydrogen (secondary N) is 1. The molecule has 4 rings (SSSR count). The van der Waals surface area contributed by atoms with Crippen LogP contribution in [0, 0.1) is 0 Å². The van der Waals surface area contributed by atoms with Gasteiger partial charge in [0.15, 0.2) is 0 Å². The maximum Gasteiger partial charge on any atom is 0.255 e. The predicted octanol–water partition coefficient (Wildman–Crippen LogP) is 2.90. The van der Waals surface area contributed by atoms with Crippen LogP contribution in [0.4, 0.5) is 17.2 Å². The summed E-state index contributed by atoms with van der Waals surface area (Å²) in [5.41, 5.74) is 2.88. The lowest BCUT2D eigenvalue weighted by Gasteiger charge is -2.26. The number of hydrogen-bond donors (Lipinski definition) is 1. The molecule has 0 unspecified atom stereocenters. The van der Waals surface area contributed by atoms with Crippen LogP contribution in [0.5, 0.6) is 0 Å². The van der Waals surface area contributed by atoms with Crippen molar-refractivity contribution in [1.82, 2.24) is 9.88 Å². The van der Waals surface area contributed by atoms with Crippen LogP contribution in [0.3, 0.4) is 0 Å². The first-order valence-electron chi connectivity index (χ1n) is 9.25. The lowest BCUT2D eigenvalue weighted by Crippen LogP contribution is -2.40. The lowest BCUT2D eigenvalue weighted by atomic mass is 10.2. The molecular formula is C20H24N4O2. The predicted molar refractivity (Wildman–Crippen MR) is 102 cm³/mol. The number of rotatable bonds is 4. The van der Waals surface area contributed by atoms with E-state index in [1.165, 1.54) is 18.5 Å². The Balaban J connectivity index is 1.38. The zero-order valence-corrected chi connectivity index (χ0v) is 14.9. The molecule has 0 spiro atoms. The molecule has 0 bridgehead atoms. The SMILES string of the molecule is O=C(c1ccc(Nc2ccc(N3CCCC3)cc2)nc1)N1CCOCC1. The highest BCUT2D eigenvalue weighted by Gasteiger charge is 2.18. The summed E-state index contributed by atoms with van der Waals surface area (Å²) >= 11 is 0. The van der Waals surface area contributed by atoms with Crippen LogP contribution >= 0.6 is 0 Å². The van der Waals surface area contributed by atoms with Crippen molar-refractivity contribution in [3.63, 3.8) is 0 Å². The summed E-state index contributed by atoms with van der Waals surface area (Å²) in [7, 11) is 0. The van der Waals surface area contributed by atoms with E-state index in [4.69, 9.17) is 4.74 Å². The van der Waals surface area contributed by atoms with Gasteiger partial charge >= 0.3 is 0 Å². The van der Waals surface area contributed by atoms with Crippen LogP contribution in [-0.2, 0) is 4.74 Å². The summed E-state index contributed by atoms with van der Waals surface area (Å²) in [6.07, 6.45) is 4.19. The molecule has 6 nitrogen and oxygen atoms in total. The van der Waals surface area contributed by atoms with Crippen LogP contribution in [0.25, 0.3) is 0 Å². The Bertz CT molecular complexity index is 733. The molecule has 0 aliphatic carbocycles. The molecule has 2 saturated heterocycles. The van der Waals surface area contributed by atoms with Crippen molar-refractivity contribution in [2.75, 3.05) is 49.6 Å². The first-order valence-corrected chi connectivity index (χ1v) is 9.25. The fourth-order valence-corrected chi connectivity index (χ4v) is 3.42. The number of amides is 1. The molecule has 2 aliphatic rings. The fourth-order valence-electron chi connectivity index (χ4n) is 3.42. The van der Waals surface area contributed by atoms with Crippen molar-refractivity contribution < 1.29 is 9.53 Å². The summed E-state index contributed by atoms with van der Waals surface area (Å²) in [6.45, 7) is 4.78. The van der Waals surface area contributed by atoms with Gasteiger partial charge in [0.05, 0.1) is 18.8 Å². The van der Waals surface area contributed by atoms with Gasteiger partial charge in [-0.3, -0.25) is 4.79 Å². The molecule has 0 saturated carbocycles. The van der Waals surface area contributed by atoms with Crippen LogP contribution in [-0.4, -0.2) is 55.2 Å². The maximum atomic E-state index is 12.4. The van der Waals surface area contributed by atoms with E-state index in [-0.39, 0.29) is 5.91 Å². The summed E-state index contributed by atoms with van der Waals surface area (Å²) < 4.78 is 5.29. The molecule has 2 fully saturated rings. The number of morpholine rings is 1. The second kappa shape index (κ2) is 7.74. The first-order chi connectivity index (χ1) is 12.8. The number of benzene rings is 1. The Morgan fingerprint density at radius 2 is 1.69 bits per heavy atom. The van der Waals surface area contributed by atoms with E-state index in [0.29, 0.717) is 31.9 Å². The Hall–Kier alpha value is -2.60. The second-order valence-electron chi connectivity index (χ2n) is 6.70. The van der Waals surface area contributed by atoms with Gasteiger partial charge in [-0.2, -0.15) is 0 Å². The number of ether oxygens (including phenoxy) is 1. The number of anilines is 3. The molecule has 0 atom stereocenters. The average molecular weight is 352 g/mol. The summed E-state index contributed by atoms with van der Waals surface area (Å²) in [5, 5.41) is 3.29. The number of aromatic nitrogens is 1. The van der Waals surface area contributed by atoms with Gasteiger partial charge in [-0.05, 0) is 49.2 Å². The molecule has 0 radical (unpaired) electrons. The van der Waals surface area contributed by atoms with Gasteiger partial charge in [0, 0.05) is 43.8 Å². The Labute approximate surface area is 153 Å². The van der Waals surface area contributed by atoms with Gasteiger partial charge in [0.1, 0.15) is 5.82 Å². The molecule has 1 amide bonds. The van der Waals surface area contributed by atoms with Crippen molar-refractivity contribution >= 4 is 23.1 Å². The molecule has 2 aromatic rings. The largest absolute Gasteiger partial charge is 0.378 e. The van der Waals surface area contributed by atoms with Crippen LogP contribution < -0.4 is 10.2 Å². The second-order valence-corrected chi connectivity index (χ2v) is 6.70. The highest BCUT2D eigenvalue weighted by molar-refractivity contribution is 5.94.